The summed E-state index contributed by atoms with van der Waals surface area (Å²) in [6.07, 6.45) is 14.4. The van der Waals surface area contributed by atoms with Crippen molar-refractivity contribution < 1.29 is 9.90 Å². The highest BCUT2D eigenvalue weighted by Crippen LogP contribution is 2.39. The zero-order chi connectivity index (χ0) is 16.6. The minimum atomic E-state index is -0.765. The van der Waals surface area contributed by atoms with Crippen molar-refractivity contribution in [2.24, 2.45) is 0 Å². The summed E-state index contributed by atoms with van der Waals surface area (Å²) in [6.45, 7) is 3.96. The second-order valence-corrected chi connectivity index (χ2v) is 10.7. The fourth-order valence-electron chi connectivity index (χ4n) is 1.96. The third kappa shape index (κ3) is 15.5. The quantitative estimate of drug-likeness (QED) is 0.184. The molecule has 130 valence electrons. The van der Waals surface area contributed by atoms with E-state index in [9.17, 15) is 4.79 Å². The zero-order valence-electron chi connectivity index (χ0n) is 13.8. The van der Waals surface area contributed by atoms with Crippen LogP contribution in [0, 0.1) is 0 Å². The molecule has 2 nitrogen and oxygen atoms in total. The molecular weight excluding hydrogens is 352 g/mol. The molecule has 6 heteroatoms. The molecule has 0 heterocycles. The summed E-state index contributed by atoms with van der Waals surface area (Å²) in [5.41, 5.74) is 0. The van der Waals surface area contributed by atoms with Gasteiger partial charge < -0.3 is 5.11 Å². The van der Waals surface area contributed by atoms with Crippen molar-refractivity contribution in [2.45, 2.75) is 89.7 Å². The Balaban J connectivity index is 3.27. The van der Waals surface area contributed by atoms with Crippen LogP contribution >= 0.6 is 43.6 Å². The number of rotatable bonds is 15. The highest BCUT2D eigenvalue weighted by atomic mass is 33.5. The van der Waals surface area contributed by atoms with Crippen molar-refractivity contribution >= 4 is 53.8 Å². The Morgan fingerprint density at radius 2 is 1.50 bits per heavy atom. The smallest absolute Gasteiger partial charge is 0.317 e. The molecular formula is C16H30O2S4. The van der Waals surface area contributed by atoms with Crippen molar-refractivity contribution in [3.8, 4) is 0 Å². The molecule has 1 N–H and O–H groups in total. The molecule has 1 atom stereocenters. The van der Waals surface area contributed by atoms with Gasteiger partial charge in [-0.05, 0) is 40.4 Å². The van der Waals surface area contributed by atoms with Gasteiger partial charge in [0.25, 0.3) is 0 Å². The molecule has 0 fully saturated rings. The van der Waals surface area contributed by atoms with E-state index in [1.165, 1.54) is 84.8 Å². The van der Waals surface area contributed by atoms with Crippen molar-refractivity contribution in [3.05, 3.63) is 0 Å². The molecule has 0 rings (SSSR count). The predicted molar refractivity (Wildman–Crippen MR) is 109 cm³/mol. The number of carboxylic acid groups (broad SMARTS) is 1. The average molecular weight is 383 g/mol. The van der Waals surface area contributed by atoms with Crippen LogP contribution in [0.25, 0.3) is 0 Å². The van der Waals surface area contributed by atoms with E-state index >= 15 is 0 Å². The second kappa shape index (κ2) is 16.5. The molecule has 0 radical (unpaired) electrons. The van der Waals surface area contributed by atoms with Gasteiger partial charge in [-0.15, -0.1) is 0 Å². The third-order valence-electron chi connectivity index (χ3n) is 3.39. The van der Waals surface area contributed by atoms with E-state index in [4.69, 9.17) is 17.3 Å². The van der Waals surface area contributed by atoms with Crippen molar-refractivity contribution in [1.29, 1.82) is 0 Å². The van der Waals surface area contributed by atoms with Gasteiger partial charge >= 0.3 is 5.97 Å². The van der Waals surface area contributed by atoms with Gasteiger partial charge in [-0.1, -0.05) is 87.7 Å². The van der Waals surface area contributed by atoms with Crippen molar-refractivity contribution in [1.82, 2.24) is 0 Å². The summed E-state index contributed by atoms with van der Waals surface area (Å²) in [5.74, 6) is -0.765. The van der Waals surface area contributed by atoms with Crippen LogP contribution in [-0.2, 0) is 4.79 Å². The Kier molecular flexibility index (Phi) is 16.9. The predicted octanol–water partition coefficient (Wildman–Crippen LogP) is 7.13. The maximum atomic E-state index is 10.7. The van der Waals surface area contributed by atoms with Crippen LogP contribution in [0.2, 0.25) is 0 Å². The molecule has 0 amide bonds. The number of hydrogen-bond donors (Lipinski definition) is 1. The lowest BCUT2D eigenvalue weighted by Crippen LogP contribution is -2.09. The first-order chi connectivity index (χ1) is 10.6. The highest BCUT2D eigenvalue weighted by molar-refractivity contribution is 9.12. The third-order valence-corrected chi connectivity index (χ3v) is 8.42. The van der Waals surface area contributed by atoms with E-state index in [0.29, 0.717) is 0 Å². The standard InChI is InChI=1S/C16H30O2S4/c1-3-4-5-6-7-8-9-10-11-12-13-15(19)21-22-20-14(2)16(17)18/h14H,3-13H2,1-2H3,(H,17,18). The first kappa shape index (κ1) is 22.6. The largest absolute Gasteiger partial charge is 0.480 e. The first-order valence-corrected chi connectivity index (χ1v) is 12.3. The monoisotopic (exact) mass is 382 g/mol. The number of carboxylic acids is 1. The van der Waals surface area contributed by atoms with Gasteiger partial charge in [-0.3, -0.25) is 4.79 Å². The van der Waals surface area contributed by atoms with Crippen LogP contribution in [0.15, 0.2) is 0 Å². The SMILES string of the molecule is CCCCCCCCCCCCC(=S)SSSC(C)C(=O)O. The number of carbonyl (C=O) groups is 1. The summed E-state index contributed by atoms with van der Waals surface area (Å²) < 4.78 is 0.995. The van der Waals surface area contributed by atoms with E-state index in [-0.39, 0.29) is 5.25 Å². The molecule has 0 bridgehead atoms. The highest BCUT2D eigenvalue weighted by Gasteiger charge is 2.12. The lowest BCUT2D eigenvalue weighted by atomic mass is 10.1. The minimum absolute atomic E-state index is 0.377. The number of aliphatic carboxylic acids is 1. The summed E-state index contributed by atoms with van der Waals surface area (Å²) in [6, 6.07) is 0. The molecule has 1 unspecified atom stereocenters. The molecule has 0 spiro atoms. The van der Waals surface area contributed by atoms with Gasteiger partial charge in [0, 0.05) is 0 Å². The van der Waals surface area contributed by atoms with Crippen LogP contribution in [0.1, 0.15) is 84.5 Å². The van der Waals surface area contributed by atoms with Crippen LogP contribution in [-0.4, -0.2) is 20.5 Å². The molecule has 0 saturated carbocycles. The maximum absolute atomic E-state index is 10.7. The topological polar surface area (TPSA) is 37.3 Å². The van der Waals surface area contributed by atoms with Gasteiger partial charge in [0.15, 0.2) is 0 Å². The van der Waals surface area contributed by atoms with Crippen LogP contribution in [0.4, 0.5) is 0 Å². The van der Waals surface area contributed by atoms with Crippen molar-refractivity contribution in [3.63, 3.8) is 0 Å². The van der Waals surface area contributed by atoms with Gasteiger partial charge in [-0.25, -0.2) is 0 Å². The molecule has 0 aliphatic heterocycles. The van der Waals surface area contributed by atoms with E-state index in [2.05, 4.69) is 6.92 Å². The van der Waals surface area contributed by atoms with Gasteiger partial charge in [0.05, 0.1) is 4.20 Å². The number of hydrogen-bond acceptors (Lipinski definition) is 5. The first-order valence-electron chi connectivity index (χ1n) is 8.33. The van der Waals surface area contributed by atoms with E-state index in [1.54, 1.807) is 17.7 Å². The zero-order valence-corrected chi connectivity index (χ0v) is 17.1. The van der Waals surface area contributed by atoms with Crippen molar-refractivity contribution in [2.75, 3.05) is 0 Å². The fourth-order valence-corrected chi connectivity index (χ4v) is 6.69. The molecule has 0 aliphatic rings. The summed E-state index contributed by atoms with van der Waals surface area (Å²) in [7, 11) is 4.40. The molecule has 0 saturated heterocycles. The van der Waals surface area contributed by atoms with Crippen LogP contribution < -0.4 is 0 Å². The molecule has 0 aliphatic carbocycles. The van der Waals surface area contributed by atoms with Gasteiger partial charge in [0.2, 0.25) is 0 Å². The molecule has 0 aromatic carbocycles. The van der Waals surface area contributed by atoms with E-state index in [0.717, 1.165) is 10.6 Å². The minimum Gasteiger partial charge on any atom is -0.480 e. The fraction of sp³-hybridized carbons (Fsp3) is 0.875. The Labute approximate surface area is 153 Å². The molecule has 0 aromatic heterocycles. The summed E-state index contributed by atoms with van der Waals surface area (Å²) >= 11 is 5.31. The molecule has 0 aromatic rings. The number of unbranched alkanes of at least 4 members (excludes halogenated alkanes) is 9. The maximum Gasteiger partial charge on any atom is 0.317 e. The number of thiocarbonyl (C=S) groups is 1. The summed E-state index contributed by atoms with van der Waals surface area (Å²) in [5, 5.41) is 8.40. The Hall–Kier alpha value is 0.610. The van der Waals surface area contributed by atoms with Crippen LogP contribution in [0.5, 0.6) is 0 Å². The second-order valence-electron chi connectivity index (χ2n) is 5.53. The average Bonchev–Trinajstić information content (AvgIpc) is 2.49. The summed E-state index contributed by atoms with van der Waals surface area (Å²) in [4.78, 5) is 10.7. The Morgan fingerprint density at radius 1 is 1.00 bits per heavy atom. The normalized spacial score (nSPS) is 12.3. The van der Waals surface area contributed by atoms with Gasteiger partial charge in [0.1, 0.15) is 5.25 Å². The lowest BCUT2D eigenvalue weighted by molar-refractivity contribution is -0.136. The van der Waals surface area contributed by atoms with E-state index < -0.39 is 5.97 Å². The molecule has 22 heavy (non-hydrogen) atoms. The lowest BCUT2D eigenvalue weighted by Gasteiger charge is -2.05. The van der Waals surface area contributed by atoms with Gasteiger partial charge in [-0.2, -0.15) is 0 Å². The Bertz CT molecular complexity index is 298. The van der Waals surface area contributed by atoms with E-state index in [1.807, 2.05) is 0 Å². The van der Waals surface area contributed by atoms with Crippen LogP contribution in [0.3, 0.4) is 0 Å². The Morgan fingerprint density at radius 3 is 2.00 bits per heavy atom.